The third kappa shape index (κ3) is 2.69. The normalized spacial score (nSPS) is 9.59. The summed E-state index contributed by atoms with van der Waals surface area (Å²) >= 11 is 0. The number of nitrogens with two attached hydrogens (primary N) is 1. The molecule has 0 bridgehead atoms. The lowest BCUT2D eigenvalue weighted by Crippen LogP contribution is -2.04. The topological polar surface area (TPSA) is 87.6 Å². The zero-order valence-corrected chi connectivity index (χ0v) is 9.09. The van der Waals surface area contributed by atoms with Crippen molar-refractivity contribution < 1.29 is 0 Å². The van der Waals surface area contributed by atoms with Crippen LogP contribution in [0.5, 0.6) is 0 Å². The molecule has 0 fully saturated rings. The molecule has 2 aromatic rings. The Balaban J connectivity index is 2.08. The standard InChI is InChI=1S/C12H11N5/c13-7-10-5-6-16-17-12(10)15-8-9-1-3-11(14)4-2-9/h1-6H,8,14H2,(H,15,17). The van der Waals surface area contributed by atoms with Gasteiger partial charge in [-0.2, -0.15) is 10.4 Å². The Bertz CT molecular complexity index is 542. The zero-order valence-electron chi connectivity index (χ0n) is 9.09. The SMILES string of the molecule is N#Cc1ccnnc1NCc1ccc(N)cc1. The predicted octanol–water partition coefficient (Wildman–Crippen LogP) is 1.54. The van der Waals surface area contributed by atoms with Crippen molar-refractivity contribution in [3.63, 3.8) is 0 Å². The van der Waals surface area contributed by atoms with Gasteiger partial charge < -0.3 is 11.1 Å². The highest BCUT2D eigenvalue weighted by molar-refractivity contribution is 5.50. The summed E-state index contributed by atoms with van der Waals surface area (Å²) in [6.07, 6.45) is 1.49. The van der Waals surface area contributed by atoms with E-state index in [1.54, 1.807) is 6.07 Å². The Hall–Kier alpha value is -2.61. The molecule has 5 heteroatoms. The van der Waals surface area contributed by atoms with Gasteiger partial charge in [0, 0.05) is 12.2 Å². The first-order valence-corrected chi connectivity index (χ1v) is 5.09. The second kappa shape index (κ2) is 4.94. The molecule has 0 aliphatic heterocycles. The fourth-order valence-electron chi connectivity index (χ4n) is 1.37. The highest BCUT2D eigenvalue weighted by Gasteiger charge is 2.02. The van der Waals surface area contributed by atoms with Crippen LogP contribution in [-0.2, 0) is 6.54 Å². The van der Waals surface area contributed by atoms with Gasteiger partial charge in [0.15, 0.2) is 5.82 Å². The van der Waals surface area contributed by atoms with Gasteiger partial charge in [-0.05, 0) is 23.8 Å². The molecular weight excluding hydrogens is 214 g/mol. The molecule has 84 valence electrons. The summed E-state index contributed by atoms with van der Waals surface area (Å²) in [6, 6.07) is 11.2. The van der Waals surface area contributed by atoms with Gasteiger partial charge >= 0.3 is 0 Å². The summed E-state index contributed by atoms with van der Waals surface area (Å²) in [6.45, 7) is 0.577. The average Bonchev–Trinajstić information content (AvgIpc) is 2.38. The number of benzene rings is 1. The van der Waals surface area contributed by atoms with Crippen LogP contribution in [0.2, 0.25) is 0 Å². The summed E-state index contributed by atoms with van der Waals surface area (Å²) in [5.41, 5.74) is 7.87. The van der Waals surface area contributed by atoms with Gasteiger partial charge in [0.25, 0.3) is 0 Å². The third-order valence-corrected chi connectivity index (χ3v) is 2.28. The van der Waals surface area contributed by atoms with Crippen LogP contribution >= 0.6 is 0 Å². The van der Waals surface area contributed by atoms with Crippen LogP contribution in [0.4, 0.5) is 11.5 Å². The first-order valence-electron chi connectivity index (χ1n) is 5.09. The lowest BCUT2D eigenvalue weighted by Gasteiger charge is -2.06. The summed E-state index contributed by atoms with van der Waals surface area (Å²) in [5.74, 6) is 0.492. The number of aromatic nitrogens is 2. The fourth-order valence-corrected chi connectivity index (χ4v) is 1.37. The smallest absolute Gasteiger partial charge is 0.166 e. The molecule has 17 heavy (non-hydrogen) atoms. The lowest BCUT2D eigenvalue weighted by atomic mass is 10.2. The first-order chi connectivity index (χ1) is 8.29. The number of rotatable bonds is 3. The molecule has 1 aromatic carbocycles. The number of nitrogens with zero attached hydrogens (tertiary/aromatic N) is 3. The number of nitriles is 1. The van der Waals surface area contributed by atoms with E-state index in [1.807, 2.05) is 24.3 Å². The molecular formula is C12H11N5. The van der Waals surface area contributed by atoms with Crippen LogP contribution in [0.3, 0.4) is 0 Å². The van der Waals surface area contributed by atoms with Crippen molar-refractivity contribution in [3.8, 4) is 6.07 Å². The molecule has 0 aliphatic carbocycles. The lowest BCUT2D eigenvalue weighted by molar-refractivity contribution is 0.994. The van der Waals surface area contributed by atoms with Gasteiger partial charge in [-0.15, -0.1) is 5.10 Å². The van der Waals surface area contributed by atoms with Crippen LogP contribution in [0.1, 0.15) is 11.1 Å². The monoisotopic (exact) mass is 225 g/mol. The number of hydrogen-bond acceptors (Lipinski definition) is 5. The minimum Gasteiger partial charge on any atom is -0.399 e. The van der Waals surface area contributed by atoms with Crippen LogP contribution in [0.25, 0.3) is 0 Å². The molecule has 0 unspecified atom stereocenters. The Morgan fingerprint density at radius 3 is 2.71 bits per heavy atom. The van der Waals surface area contributed by atoms with E-state index in [0.717, 1.165) is 11.3 Å². The fraction of sp³-hybridized carbons (Fsp3) is 0.0833. The van der Waals surface area contributed by atoms with Crippen LogP contribution in [-0.4, -0.2) is 10.2 Å². The van der Waals surface area contributed by atoms with E-state index in [-0.39, 0.29) is 0 Å². The maximum absolute atomic E-state index is 8.88. The van der Waals surface area contributed by atoms with Gasteiger partial charge in [0.05, 0.1) is 11.8 Å². The predicted molar refractivity (Wildman–Crippen MR) is 64.9 cm³/mol. The van der Waals surface area contributed by atoms with Gasteiger partial charge in [-0.25, -0.2) is 0 Å². The van der Waals surface area contributed by atoms with Crippen molar-refractivity contribution in [3.05, 3.63) is 47.7 Å². The Morgan fingerprint density at radius 2 is 2.00 bits per heavy atom. The molecule has 0 radical (unpaired) electrons. The zero-order chi connectivity index (χ0) is 12.1. The molecule has 0 saturated carbocycles. The van der Waals surface area contributed by atoms with Crippen molar-refractivity contribution >= 4 is 11.5 Å². The van der Waals surface area contributed by atoms with E-state index < -0.39 is 0 Å². The highest BCUT2D eigenvalue weighted by Crippen LogP contribution is 2.11. The van der Waals surface area contributed by atoms with E-state index in [1.165, 1.54) is 6.20 Å². The van der Waals surface area contributed by atoms with Crippen LogP contribution < -0.4 is 11.1 Å². The molecule has 0 atom stereocenters. The molecule has 1 aromatic heterocycles. The average molecular weight is 225 g/mol. The Morgan fingerprint density at radius 1 is 1.24 bits per heavy atom. The van der Waals surface area contributed by atoms with Gasteiger partial charge in [-0.1, -0.05) is 12.1 Å². The quantitative estimate of drug-likeness (QED) is 0.773. The highest BCUT2D eigenvalue weighted by atomic mass is 15.2. The van der Waals surface area contributed by atoms with Crippen molar-refractivity contribution in [2.45, 2.75) is 6.54 Å². The molecule has 0 spiro atoms. The minimum atomic E-state index is 0.482. The number of anilines is 2. The summed E-state index contributed by atoms with van der Waals surface area (Å²) in [7, 11) is 0. The van der Waals surface area contributed by atoms with Crippen LogP contribution in [0.15, 0.2) is 36.5 Å². The van der Waals surface area contributed by atoms with E-state index in [4.69, 9.17) is 11.0 Å². The molecule has 5 nitrogen and oxygen atoms in total. The molecule has 2 rings (SSSR count). The minimum absolute atomic E-state index is 0.482. The number of nitrogen functional groups attached to an aromatic ring is 1. The third-order valence-electron chi connectivity index (χ3n) is 2.28. The van der Waals surface area contributed by atoms with Crippen molar-refractivity contribution in [2.75, 3.05) is 11.1 Å². The van der Waals surface area contributed by atoms with Crippen LogP contribution in [0, 0.1) is 11.3 Å². The molecule has 0 saturated heterocycles. The molecule has 1 heterocycles. The second-order valence-corrected chi connectivity index (χ2v) is 3.50. The van der Waals surface area contributed by atoms with Crippen molar-refractivity contribution in [1.29, 1.82) is 5.26 Å². The summed E-state index contributed by atoms with van der Waals surface area (Å²) in [5, 5.41) is 19.6. The van der Waals surface area contributed by atoms with E-state index in [2.05, 4.69) is 21.6 Å². The Kier molecular flexibility index (Phi) is 3.17. The molecule has 0 amide bonds. The molecule has 3 N–H and O–H groups in total. The summed E-state index contributed by atoms with van der Waals surface area (Å²) in [4.78, 5) is 0. The van der Waals surface area contributed by atoms with E-state index in [9.17, 15) is 0 Å². The maximum Gasteiger partial charge on any atom is 0.166 e. The largest absolute Gasteiger partial charge is 0.399 e. The maximum atomic E-state index is 8.88. The number of nitrogens with one attached hydrogen (secondary N) is 1. The second-order valence-electron chi connectivity index (χ2n) is 3.50. The Labute approximate surface area is 98.9 Å². The number of hydrogen-bond donors (Lipinski definition) is 2. The van der Waals surface area contributed by atoms with Gasteiger partial charge in [-0.3, -0.25) is 0 Å². The first kappa shape index (κ1) is 10.9. The summed E-state index contributed by atoms with van der Waals surface area (Å²) < 4.78 is 0. The van der Waals surface area contributed by atoms with Crippen molar-refractivity contribution in [1.82, 2.24) is 10.2 Å². The van der Waals surface area contributed by atoms with Gasteiger partial charge in [0.1, 0.15) is 6.07 Å². The van der Waals surface area contributed by atoms with E-state index >= 15 is 0 Å². The van der Waals surface area contributed by atoms with E-state index in [0.29, 0.717) is 17.9 Å². The van der Waals surface area contributed by atoms with Crippen molar-refractivity contribution in [2.24, 2.45) is 0 Å². The van der Waals surface area contributed by atoms with Gasteiger partial charge in [0.2, 0.25) is 0 Å². The molecule has 0 aliphatic rings.